The molecule has 1 heterocycles. The number of benzene rings is 1. The normalized spacial score (nSPS) is 14.8. The van der Waals surface area contributed by atoms with Crippen LogP contribution in [-0.2, 0) is 18.5 Å². The van der Waals surface area contributed by atoms with Crippen LogP contribution in [0.15, 0.2) is 42.7 Å². The van der Waals surface area contributed by atoms with Gasteiger partial charge in [-0.2, -0.15) is 5.10 Å². The van der Waals surface area contributed by atoms with Crippen molar-refractivity contribution in [3.63, 3.8) is 0 Å². The molecule has 22 heavy (non-hydrogen) atoms. The summed E-state index contributed by atoms with van der Waals surface area (Å²) in [7, 11) is 0. The number of nitrogens with zero attached hydrogens (tertiary/aromatic N) is 2. The number of rotatable bonds is 6. The molecule has 0 fully saturated rings. The van der Waals surface area contributed by atoms with Crippen molar-refractivity contribution in [2.24, 2.45) is 0 Å². The summed E-state index contributed by atoms with van der Waals surface area (Å²) in [4.78, 5) is 0. The lowest BCUT2D eigenvalue weighted by atomic mass is 10.0. The Labute approximate surface area is 133 Å². The van der Waals surface area contributed by atoms with Gasteiger partial charge < -0.3 is 10.4 Å². The molecule has 1 aromatic heterocycles. The Hall–Kier alpha value is -1.65. The van der Waals surface area contributed by atoms with Crippen LogP contribution >= 0.6 is 0 Å². The molecule has 2 unspecified atom stereocenters. The molecule has 0 saturated carbocycles. The predicted octanol–water partition coefficient (Wildman–Crippen LogP) is 2.72. The lowest BCUT2D eigenvalue weighted by molar-refractivity contribution is 0.134. The van der Waals surface area contributed by atoms with Crippen molar-refractivity contribution in [2.75, 3.05) is 0 Å². The minimum Gasteiger partial charge on any atom is -0.391 e. The first-order chi connectivity index (χ1) is 10.4. The van der Waals surface area contributed by atoms with Gasteiger partial charge in [-0.15, -0.1) is 0 Å². The lowest BCUT2D eigenvalue weighted by Crippen LogP contribution is -2.38. The minimum atomic E-state index is -0.403. The van der Waals surface area contributed by atoms with Gasteiger partial charge in [-0.3, -0.25) is 4.68 Å². The van der Waals surface area contributed by atoms with Crippen molar-refractivity contribution in [1.29, 1.82) is 0 Å². The van der Waals surface area contributed by atoms with Gasteiger partial charge in [0.05, 0.1) is 17.8 Å². The number of hydrogen-bond donors (Lipinski definition) is 2. The van der Waals surface area contributed by atoms with Crippen molar-refractivity contribution in [3.8, 4) is 0 Å². The van der Waals surface area contributed by atoms with Crippen molar-refractivity contribution in [2.45, 2.75) is 58.3 Å². The molecule has 0 aliphatic rings. The van der Waals surface area contributed by atoms with E-state index in [1.807, 2.05) is 48.1 Å². The summed E-state index contributed by atoms with van der Waals surface area (Å²) in [6.45, 7) is 9.11. The Morgan fingerprint density at radius 3 is 2.45 bits per heavy atom. The average molecular weight is 301 g/mol. The van der Waals surface area contributed by atoms with E-state index in [0.717, 1.165) is 11.1 Å². The number of aromatic nitrogens is 2. The van der Waals surface area contributed by atoms with E-state index in [0.29, 0.717) is 13.0 Å². The Bertz CT molecular complexity index is 572. The fourth-order valence-electron chi connectivity index (χ4n) is 2.27. The second-order valence-electron chi connectivity index (χ2n) is 6.89. The highest BCUT2D eigenvalue weighted by molar-refractivity contribution is 5.16. The van der Waals surface area contributed by atoms with E-state index in [-0.39, 0.29) is 11.6 Å². The van der Waals surface area contributed by atoms with E-state index in [4.69, 9.17) is 0 Å². The molecule has 0 bridgehead atoms. The molecule has 120 valence electrons. The van der Waals surface area contributed by atoms with Crippen LogP contribution in [0.2, 0.25) is 0 Å². The first kappa shape index (κ1) is 16.7. The van der Waals surface area contributed by atoms with Gasteiger partial charge in [-0.25, -0.2) is 0 Å². The summed E-state index contributed by atoms with van der Waals surface area (Å²) in [5.41, 5.74) is 2.29. The molecular formula is C18H27N3O. The molecule has 0 aliphatic heterocycles. The highest BCUT2D eigenvalue weighted by Crippen LogP contribution is 2.13. The van der Waals surface area contributed by atoms with E-state index >= 15 is 0 Å². The number of aliphatic hydroxyl groups is 1. The van der Waals surface area contributed by atoms with Crippen LogP contribution in [0.5, 0.6) is 0 Å². The van der Waals surface area contributed by atoms with Crippen LogP contribution < -0.4 is 5.32 Å². The highest BCUT2D eigenvalue weighted by Gasteiger charge is 2.16. The van der Waals surface area contributed by atoms with Crippen LogP contribution in [0.4, 0.5) is 0 Å². The second-order valence-corrected chi connectivity index (χ2v) is 6.89. The van der Waals surface area contributed by atoms with Gasteiger partial charge in [0.25, 0.3) is 0 Å². The molecule has 2 atom stereocenters. The van der Waals surface area contributed by atoms with Crippen molar-refractivity contribution < 1.29 is 5.11 Å². The zero-order valence-corrected chi connectivity index (χ0v) is 14.0. The van der Waals surface area contributed by atoms with Crippen LogP contribution in [0.25, 0.3) is 0 Å². The third kappa shape index (κ3) is 4.68. The molecule has 0 aliphatic carbocycles. The standard InChI is InChI=1S/C18H27N3O/c1-14(17(22)10-15-8-6-5-7-9-15)19-11-16-12-20-21(13-16)18(2,3)4/h5-9,12-14,17,19,22H,10-11H2,1-4H3. The molecule has 4 heteroatoms. The van der Waals surface area contributed by atoms with E-state index in [2.05, 4.69) is 37.4 Å². The van der Waals surface area contributed by atoms with Gasteiger partial charge in [0.1, 0.15) is 0 Å². The van der Waals surface area contributed by atoms with Crippen molar-refractivity contribution in [1.82, 2.24) is 15.1 Å². The van der Waals surface area contributed by atoms with Crippen molar-refractivity contribution >= 4 is 0 Å². The largest absolute Gasteiger partial charge is 0.391 e. The number of nitrogens with one attached hydrogen (secondary N) is 1. The quantitative estimate of drug-likeness (QED) is 0.862. The fraction of sp³-hybridized carbons (Fsp3) is 0.500. The highest BCUT2D eigenvalue weighted by atomic mass is 16.3. The van der Waals surface area contributed by atoms with Gasteiger partial charge in [-0.1, -0.05) is 30.3 Å². The summed E-state index contributed by atoms with van der Waals surface area (Å²) in [5.74, 6) is 0. The first-order valence-corrected chi connectivity index (χ1v) is 7.85. The lowest BCUT2D eigenvalue weighted by Gasteiger charge is -2.20. The summed E-state index contributed by atoms with van der Waals surface area (Å²) in [5, 5.41) is 18.1. The smallest absolute Gasteiger partial charge is 0.0730 e. The Kier molecular flexibility index (Phi) is 5.37. The van der Waals surface area contributed by atoms with Gasteiger partial charge >= 0.3 is 0 Å². The van der Waals surface area contributed by atoms with Gasteiger partial charge in [0.15, 0.2) is 0 Å². The summed E-state index contributed by atoms with van der Waals surface area (Å²) < 4.78 is 1.97. The number of aliphatic hydroxyl groups excluding tert-OH is 1. The maximum Gasteiger partial charge on any atom is 0.0730 e. The van der Waals surface area contributed by atoms with Gasteiger partial charge in [0.2, 0.25) is 0 Å². The number of hydrogen-bond acceptors (Lipinski definition) is 3. The van der Waals surface area contributed by atoms with Gasteiger partial charge in [-0.05, 0) is 39.7 Å². The predicted molar refractivity (Wildman–Crippen MR) is 89.7 cm³/mol. The zero-order valence-electron chi connectivity index (χ0n) is 14.0. The zero-order chi connectivity index (χ0) is 16.2. The first-order valence-electron chi connectivity index (χ1n) is 7.85. The minimum absolute atomic E-state index is 0.00328. The maximum atomic E-state index is 10.3. The third-order valence-corrected chi connectivity index (χ3v) is 3.82. The van der Waals surface area contributed by atoms with Crippen LogP contribution in [0.1, 0.15) is 38.8 Å². The molecule has 1 aromatic carbocycles. The fourth-order valence-corrected chi connectivity index (χ4v) is 2.27. The Morgan fingerprint density at radius 2 is 1.86 bits per heavy atom. The van der Waals surface area contributed by atoms with E-state index in [1.165, 1.54) is 0 Å². The summed E-state index contributed by atoms with van der Waals surface area (Å²) in [6.07, 6.45) is 4.20. The molecule has 4 nitrogen and oxygen atoms in total. The SMILES string of the molecule is CC(NCc1cnn(C(C)(C)C)c1)C(O)Cc1ccccc1. The summed E-state index contributed by atoms with van der Waals surface area (Å²) >= 11 is 0. The Balaban J connectivity index is 1.84. The topological polar surface area (TPSA) is 50.1 Å². The van der Waals surface area contributed by atoms with E-state index < -0.39 is 6.10 Å². The molecule has 0 spiro atoms. The molecular weight excluding hydrogens is 274 g/mol. The van der Waals surface area contributed by atoms with Crippen LogP contribution in [-0.4, -0.2) is 27.0 Å². The monoisotopic (exact) mass is 301 g/mol. The molecule has 0 radical (unpaired) electrons. The molecule has 2 N–H and O–H groups in total. The maximum absolute atomic E-state index is 10.3. The van der Waals surface area contributed by atoms with Gasteiger partial charge in [0, 0.05) is 24.3 Å². The molecule has 2 rings (SSSR count). The molecule has 0 amide bonds. The van der Waals surface area contributed by atoms with E-state index in [1.54, 1.807) is 0 Å². The summed E-state index contributed by atoms with van der Waals surface area (Å²) in [6, 6.07) is 10.1. The molecule has 2 aromatic rings. The third-order valence-electron chi connectivity index (χ3n) is 3.82. The van der Waals surface area contributed by atoms with E-state index in [9.17, 15) is 5.11 Å². The second kappa shape index (κ2) is 7.07. The van der Waals surface area contributed by atoms with Crippen LogP contribution in [0.3, 0.4) is 0 Å². The van der Waals surface area contributed by atoms with Crippen LogP contribution in [0, 0.1) is 0 Å². The van der Waals surface area contributed by atoms with Crippen molar-refractivity contribution in [3.05, 3.63) is 53.9 Å². The average Bonchev–Trinajstić information content (AvgIpc) is 2.94. The molecule has 0 saturated heterocycles. The Morgan fingerprint density at radius 1 is 1.18 bits per heavy atom.